The largest absolute Gasteiger partial charge is 0.457 e. The van der Waals surface area contributed by atoms with Crippen LogP contribution in [0, 0.1) is 20.3 Å². The van der Waals surface area contributed by atoms with Crippen molar-refractivity contribution in [3.8, 4) is 0 Å². The van der Waals surface area contributed by atoms with Gasteiger partial charge in [0.2, 0.25) is 0 Å². The molecule has 0 saturated heterocycles. The molecular formula is C23H23N3O2. The van der Waals surface area contributed by atoms with Crippen molar-refractivity contribution in [1.29, 1.82) is 0 Å². The van der Waals surface area contributed by atoms with E-state index in [0.717, 1.165) is 5.56 Å². The molecule has 0 amide bonds. The van der Waals surface area contributed by atoms with Crippen LogP contribution in [0.25, 0.3) is 5.57 Å². The van der Waals surface area contributed by atoms with Crippen LogP contribution in [0.4, 0.5) is 0 Å². The summed E-state index contributed by atoms with van der Waals surface area (Å²) in [5, 5.41) is 0. The summed E-state index contributed by atoms with van der Waals surface area (Å²) in [6.45, 7) is 6.37. The number of carbonyl (C=O) groups excluding carboxylic acids is 1. The van der Waals surface area contributed by atoms with E-state index >= 15 is 0 Å². The summed E-state index contributed by atoms with van der Waals surface area (Å²) in [4.78, 5) is 19.9. The third kappa shape index (κ3) is 5.91. The molecule has 0 saturated carbocycles. The molecule has 0 N–H and O–H groups in total. The Hall–Kier alpha value is -3.21. The molecule has 142 valence electrons. The van der Waals surface area contributed by atoms with Crippen LogP contribution in [0.2, 0.25) is 0 Å². The second-order valence-electron chi connectivity index (χ2n) is 6.47. The maximum absolute atomic E-state index is 12.0. The molecule has 2 radical (unpaired) electrons. The summed E-state index contributed by atoms with van der Waals surface area (Å²) in [6, 6.07) is 11.3. The zero-order valence-corrected chi connectivity index (χ0v) is 15.9. The van der Waals surface area contributed by atoms with Gasteiger partial charge in [-0.2, -0.15) is 0 Å². The molecule has 0 fully saturated rings. The van der Waals surface area contributed by atoms with Crippen molar-refractivity contribution < 1.29 is 9.53 Å². The number of carbonyl (C=O) groups is 1. The number of rotatable bonds is 6. The molecule has 2 heterocycles. The minimum Gasteiger partial charge on any atom is -0.457 e. The molecule has 5 nitrogen and oxygen atoms in total. The van der Waals surface area contributed by atoms with E-state index < -0.39 is 0 Å². The quantitative estimate of drug-likeness (QED) is 0.604. The van der Waals surface area contributed by atoms with Crippen LogP contribution < -0.4 is 0 Å². The number of nitrogens with zero attached hydrogens (tertiary/aromatic N) is 3. The van der Waals surface area contributed by atoms with Crippen LogP contribution in [-0.4, -0.2) is 26.6 Å². The molecule has 5 heteroatoms. The Balaban J connectivity index is 0.000000206. The summed E-state index contributed by atoms with van der Waals surface area (Å²) in [6.07, 6.45) is 13.3. The number of ether oxygens (including phenoxy) is 1. The summed E-state index contributed by atoms with van der Waals surface area (Å²) in [5.41, 5.74) is 4.21. The number of hydrogen-bond acceptors (Lipinski definition) is 4. The second-order valence-corrected chi connectivity index (χ2v) is 6.47. The molecule has 1 aromatic carbocycles. The SMILES string of the molecule is [CH2]CC(Cn1ccnc1)OC(=O)c1ccc(C)cc1.[CH]1C=C1c1cccnc1. The molecule has 2 aromatic heterocycles. The highest BCUT2D eigenvalue weighted by atomic mass is 16.5. The van der Waals surface area contributed by atoms with E-state index in [1.807, 2.05) is 42.1 Å². The number of allylic oxidation sites excluding steroid dienone is 2. The number of pyridine rings is 1. The minimum atomic E-state index is -0.311. The first-order chi connectivity index (χ1) is 13.7. The topological polar surface area (TPSA) is 57.0 Å². The summed E-state index contributed by atoms with van der Waals surface area (Å²) < 4.78 is 7.32. The Morgan fingerprint density at radius 2 is 1.96 bits per heavy atom. The van der Waals surface area contributed by atoms with Gasteiger partial charge in [-0.25, -0.2) is 9.78 Å². The van der Waals surface area contributed by atoms with E-state index in [9.17, 15) is 4.79 Å². The van der Waals surface area contributed by atoms with Crippen molar-refractivity contribution in [2.24, 2.45) is 0 Å². The third-order valence-corrected chi connectivity index (χ3v) is 4.18. The molecule has 3 aromatic rings. The van der Waals surface area contributed by atoms with E-state index in [-0.39, 0.29) is 12.1 Å². The van der Waals surface area contributed by atoms with Crippen molar-refractivity contribution in [3.63, 3.8) is 0 Å². The summed E-state index contributed by atoms with van der Waals surface area (Å²) >= 11 is 0. The average Bonchev–Trinajstić information content (AvgIpc) is 3.46. The number of hydrogen-bond donors (Lipinski definition) is 0. The van der Waals surface area contributed by atoms with E-state index in [1.165, 1.54) is 11.1 Å². The van der Waals surface area contributed by atoms with E-state index in [4.69, 9.17) is 4.74 Å². The molecule has 1 unspecified atom stereocenters. The van der Waals surface area contributed by atoms with Gasteiger partial charge in [0, 0.05) is 31.2 Å². The van der Waals surface area contributed by atoms with Gasteiger partial charge in [0.05, 0.1) is 18.4 Å². The van der Waals surface area contributed by atoms with Gasteiger partial charge in [0.15, 0.2) is 0 Å². The van der Waals surface area contributed by atoms with Gasteiger partial charge in [0.1, 0.15) is 6.10 Å². The highest BCUT2D eigenvalue weighted by molar-refractivity contribution is 5.89. The Labute approximate surface area is 165 Å². The number of esters is 1. The normalized spacial score (nSPS) is 13.0. The number of aromatic nitrogens is 3. The van der Waals surface area contributed by atoms with Gasteiger partial charge in [-0.1, -0.05) is 29.8 Å². The third-order valence-electron chi connectivity index (χ3n) is 4.18. The molecule has 4 rings (SSSR count). The maximum atomic E-state index is 12.0. The molecule has 0 bridgehead atoms. The first-order valence-electron chi connectivity index (χ1n) is 9.14. The van der Waals surface area contributed by atoms with Crippen LogP contribution in [-0.2, 0) is 11.3 Å². The van der Waals surface area contributed by atoms with Crippen LogP contribution in [0.5, 0.6) is 0 Å². The van der Waals surface area contributed by atoms with Crippen molar-refractivity contribution in [2.75, 3.05) is 0 Å². The van der Waals surface area contributed by atoms with E-state index in [1.54, 1.807) is 30.9 Å². The molecule has 28 heavy (non-hydrogen) atoms. The first-order valence-corrected chi connectivity index (χ1v) is 9.14. The van der Waals surface area contributed by atoms with Gasteiger partial charge in [-0.05, 0) is 49.6 Å². The molecule has 0 aliphatic heterocycles. The zero-order valence-electron chi connectivity index (χ0n) is 15.9. The summed E-state index contributed by atoms with van der Waals surface area (Å²) in [5.74, 6) is -0.311. The summed E-state index contributed by atoms with van der Waals surface area (Å²) in [7, 11) is 0. The first kappa shape index (κ1) is 19.5. The lowest BCUT2D eigenvalue weighted by Crippen LogP contribution is -2.22. The fourth-order valence-corrected chi connectivity index (χ4v) is 2.49. The monoisotopic (exact) mass is 373 g/mol. The lowest BCUT2D eigenvalue weighted by Gasteiger charge is -2.16. The molecule has 1 aliphatic carbocycles. The van der Waals surface area contributed by atoms with Crippen molar-refractivity contribution >= 4 is 11.5 Å². The number of benzene rings is 1. The maximum Gasteiger partial charge on any atom is 0.338 e. The lowest BCUT2D eigenvalue weighted by atomic mass is 10.1. The fourth-order valence-electron chi connectivity index (χ4n) is 2.49. The van der Waals surface area contributed by atoms with Gasteiger partial charge in [-0.3, -0.25) is 4.98 Å². The predicted octanol–water partition coefficient (Wildman–Crippen LogP) is 4.32. The fraction of sp³-hybridized carbons (Fsp3) is 0.174. The highest BCUT2D eigenvalue weighted by Crippen LogP contribution is 2.28. The van der Waals surface area contributed by atoms with Gasteiger partial charge in [0.25, 0.3) is 0 Å². The molecular weight excluding hydrogens is 350 g/mol. The van der Waals surface area contributed by atoms with Crippen LogP contribution in [0.1, 0.15) is 27.9 Å². The Morgan fingerprint density at radius 3 is 2.54 bits per heavy atom. The molecule has 0 spiro atoms. The smallest absolute Gasteiger partial charge is 0.338 e. The van der Waals surface area contributed by atoms with Crippen LogP contribution in [0.3, 0.4) is 0 Å². The lowest BCUT2D eigenvalue weighted by molar-refractivity contribution is 0.0267. The standard InChI is InChI=1S/C15H17N2O2.C8H6N/c1-3-14(10-17-9-8-16-11-17)19-15(18)13-6-4-12(2)5-7-13;1-2-8(6-9-5-1)7-3-4-7/h4-9,11,14H,1,3,10H2,2H3;1-6H. The van der Waals surface area contributed by atoms with E-state index in [0.29, 0.717) is 18.5 Å². The van der Waals surface area contributed by atoms with Crippen molar-refractivity contribution in [3.05, 3.63) is 104 Å². The van der Waals surface area contributed by atoms with Crippen LogP contribution >= 0.6 is 0 Å². The minimum absolute atomic E-state index is 0.247. The Morgan fingerprint density at radius 1 is 1.18 bits per heavy atom. The van der Waals surface area contributed by atoms with Gasteiger partial charge < -0.3 is 9.30 Å². The molecule has 1 aliphatic rings. The number of imidazole rings is 1. The second kappa shape index (κ2) is 9.65. The highest BCUT2D eigenvalue weighted by Gasteiger charge is 2.14. The number of aryl methyl sites for hydroxylation is 1. The zero-order chi connectivity index (χ0) is 19.8. The Bertz CT molecular complexity index is 901. The van der Waals surface area contributed by atoms with Gasteiger partial charge in [-0.15, -0.1) is 0 Å². The average molecular weight is 373 g/mol. The van der Waals surface area contributed by atoms with Crippen molar-refractivity contribution in [1.82, 2.24) is 14.5 Å². The van der Waals surface area contributed by atoms with Crippen LogP contribution in [0.15, 0.2) is 73.6 Å². The van der Waals surface area contributed by atoms with Crippen molar-refractivity contribution in [2.45, 2.75) is 26.0 Å². The predicted molar refractivity (Wildman–Crippen MR) is 109 cm³/mol. The molecule has 1 atom stereocenters. The van der Waals surface area contributed by atoms with E-state index in [2.05, 4.69) is 35.5 Å². The Kier molecular flexibility index (Phi) is 6.73. The van der Waals surface area contributed by atoms with Gasteiger partial charge >= 0.3 is 5.97 Å².